The number of halogens is 1. The van der Waals surface area contributed by atoms with E-state index in [2.05, 4.69) is 0 Å². The molecule has 0 bridgehead atoms. The first-order valence-corrected chi connectivity index (χ1v) is 5.76. The SMILES string of the molecule is COC1(CF)CN(C(=O)OCc2ccccc2)C1. The van der Waals surface area contributed by atoms with E-state index in [0.29, 0.717) is 0 Å². The Hall–Kier alpha value is -1.62. The number of carbonyl (C=O) groups is 1. The number of hydrogen-bond donors (Lipinski definition) is 0. The summed E-state index contributed by atoms with van der Waals surface area (Å²) in [4.78, 5) is 13.1. The van der Waals surface area contributed by atoms with Crippen molar-refractivity contribution in [3.63, 3.8) is 0 Å². The van der Waals surface area contributed by atoms with Crippen LogP contribution < -0.4 is 0 Å². The fourth-order valence-electron chi connectivity index (χ4n) is 1.86. The Kier molecular flexibility index (Phi) is 3.81. The summed E-state index contributed by atoms with van der Waals surface area (Å²) in [6.45, 7) is 0.124. The molecule has 1 aliphatic rings. The van der Waals surface area contributed by atoms with E-state index in [4.69, 9.17) is 9.47 Å². The molecule has 1 amide bonds. The highest BCUT2D eigenvalue weighted by atomic mass is 19.1. The van der Waals surface area contributed by atoms with E-state index in [0.717, 1.165) is 5.56 Å². The number of carbonyl (C=O) groups excluding carboxylic acids is 1. The number of likely N-dealkylation sites (tertiary alicyclic amines) is 1. The number of hydrogen-bond acceptors (Lipinski definition) is 3. The van der Waals surface area contributed by atoms with Crippen molar-refractivity contribution in [1.29, 1.82) is 0 Å². The molecule has 98 valence electrons. The summed E-state index contributed by atoms with van der Waals surface area (Å²) in [6, 6.07) is 9.42. The normalized spacial score (nSPS) is 17.1. The van der Waals surface area contributed by atoms with Gasteiger partial charge in [0.2, 0.25) is 0 Å². The smallest absolute Gasteiger partial charge is 0.410 e. The molecule has 0 aliphatic carbocycles. The van der Waals surface area contributed by atoms with E-state index in [1.807, 2.05) is 30.3 Å². The van der Waals surface area contributed by atoms with Gasteiger partial charge in [-0.3, -0.25) is 0 Å². The van der Waals surface area contributed by atoms with Crippen LogP contribution in [0.3, 0.4) is 0 Å². The van der Waals surface area contributed by atoms with Crippen LogP contribution in [-0.2, 0) is 16.1 Å². The molecular weight excluding hydrogens is 237 g/mol. The quantitative estimate of drug-likeness (QED) is 0.823. The van der Waals surface area contributed by atoms with Crippen LogP contribution >= 0.6 is 0 Å². The zero-order valence-electron chi connectivity index (χ0n) is 10.3. The van der Waals surface area contributed by atoms with Crippen LogP contribution in [0.4, 0.5) is 9.18 Å². The Morgan fingerprint density at radius 3 is 2.61 bits per heavy atom. The summed E-state index contributed by atoms with van der Waals surface area (Å²) in [5.41, 5.74) is 0.0982. The molecule has 18 heavy (non-hydrogen) atoms. The summed E-state index contributed by atoms with van der Waals surface area (Å²) >= 11 is 0. The first-order valence-electron chi connectivity index (χ1n) is 5.76. The molecule has 5 heteroatoms. The third-order valence-electron chi connectivity index (χ3n) is 3.10. The largest absolute Gasteiger partial charge is 0.445 e. The molecule has 4 nitrogen and oxygen atoms in total. The van der Waals surface area contributed by atoms with Gasteiger partial charge in [-0.2, -0.15) is 0 Å². The van der Waals surface area contributed by atoms with Gasteiger partial charge >= 0.3 is 6.09 Å². The van der Waals surface area contributed by atoms with E-state index in [-0.39, 0.29) is 19.7 Å². The van der Waals surface area contributed by atoms with Gasteiger partial charge < -0.3 is 14.4 Å². The van der Waals surface area contributed by atoms with Crippen molar-refractivity contribution >= 4 is 6.09 Å². The van der Waals surface area contributed by atoms with Crippen LogP contribution in [-0.4, -0.2) is 43.5 Å². The summed E-state index contributed by atoms with van der Waals surface area (Å²) < 4.78 is 22.8. The van der Waals surface area contributed by atoms with Crippen LogP contribution in [0.1, 0.15) is 5.56 Å². The lowest BCUT2D eigenvalue weighted by Gasteiger charge is -2.46. The number of benzene rings is 1. The minimum atomic E-state index is -0.828. The van der Waals surface area contributed by atoms with Crippen LogP contribution in [0, 0.1) is 0 Å². The zero-order chi connectivity index (χ0) is 13.0. The summed E-state index contributed by atoms with van der Waals surface area (Å²) in [7, 11) is 1.45. The Balaban J connectivity index is 1.78. The first-order chi connectivity index (χ1) is 8.69. The van der Waals surface area contributed by atoms with Gasteiger partial charge in [-0.15, -0.1) is 0 Å². The van der Waals surface area contributed by atoms with Crippen molar-refractivity contribution in [2.24, 2.45) is 0 Å². The molecule has 0 saturated carbocycles. The van der Waals surface area contributed by atoms with Crippen molar-refractivity contribution in [2.75, 3.05) is 26.9 Å². The summed E-state index contributed by atoms with van der Waals surface area (Å²) in [6.07, 6.45) is -0.431. The Morgan fingerprint density at radius 2 is 2.06 bits per heavy atom. The van der Waals surface area contributed by atoms with E-state index in [9.17, 15) is 9.18 Å². The molecule has 0 spiro atoms. The average molecular weight is 253 g/mol. The van der Waals surface area contributed by atoms with E-state index in [1.165, 1.54) is 12.0 Å². The molecule has 1 aromatic carbocycles. The topological polar surface area (TPSA) is 38.8 Å². The van der Waals surface area contributed by atoms with Crippen molar-refractivity contribution in [2.45, 2.75) is 12.2 Å². The molecule has 1 fully saturated rings. The van der Waals surface area contributed by atoms with Gasteiger partial charge in [-0.1, -0.05) is 30.3 Å². The van der Waals surface area contributed by atoms with Gasteiger partial charge in [0, 0.05) is 7.11 Å². The standard InChI is InChI=1S/C13H16FNO3/c1-17-13(8-14)9-15(10-13)12(16)18-7-11-5-3-2-4-6-11/h2-6H,7-10H2,1H3. The monoisotopic (exact) mass is 253 g/mol. The predicted molar refractivity (Wildman–Crippen MR) is 63.9 cm³/mol. The molecule has 0 unspecified atom stereocenters. The second-order valence-electron chi connectivity index (χ2n) is 4.42. The van der Waals surface area contributed by atoms with Crippen molar-refractivity contribution in [3.8, 4) is 0 Å². The maximum absolute atomic E-state index is 12.7. The molecule has 1 saturated heterocycles. The van der Waals surface area contributed by atoms with Crippen molar-refractivity contribution in [1.82, 2.24) is 4.90 Å². The summed E-state index contributed by atoms with van der Waals surface area (Å²) in [5.74, 6) is 0. The van der Waals surface area contributed by atoms with Gasteiger partial charge in [-0.05, 0) is 5.56 Å². The number of rotatable bonds is 4. The van der Waals surface area contributed by atoms with E-state index in [1.54, 1.807) is 0 Å². The Labute approximate surface area is 105 Å². The highest BCUT2D eigenvalue weighted by molar-refractivity contribution is 5.69. The van der Waals surface area contributed by atoms with Crippen LogP contribution in [0.2, 0.25) is 0 Å². The molecule has 1 aliphatic heterocycles. The average Bonchev–Trinajstić information content (AvgIpc) is 2.37. The fourth-order valence-corrected chi connectivity index (χ4v) is 1.86. The fraction of sp³-hybridized carbons (Fsp3) is 0.462. The van der Waals surface area contributed by atoms with Gasteiger partial charge in [0.15, 0.2) is 0 Å². The Bertz CT molecular complexity index is 398. The lowest BCUT2D eigenvalue weighted by Crippen LogP contribution is -2.65. The van der Waals surface area contributed by atoms with Gasteiger partial charge in [-0.25, -0.2) is 9.18 Å². The van der Waals surface area contributed by atoms with Gasteiger partial charge in [0.25, 0.3) is 0 Å². The predicted octanol–water partition coefficient (Wildman–Crippen LogP) is 1.99. The molecule has 0 N–H and O–H groups in total. The van der Waals surface area contributed by atoms with Gasteiger partial charge in [0.05, 0.1) is 13.1 Å². The van der Waals surface area contributed by atoms with E-state index < -0.39 is 18.4 Å². The first kappa shape index (κ1) is 12.8. The minimum Gasteiger partial charge on any atom is -0.445 e. The second-order valence-corrected chi connectivity index (χ2v) is 4.42. The van der Waals surface area contributed by atoms with Crippen LogP contribution in [0.15, 0.2) is 30.3 Å². The number of nitrogens with zero attached hydrogens (tertiary/aromatic N) is 1. The number of methoxy groups -OCH3 is 1. The van der Waals surface area contributed by atoms with Crippen molar-refractivity contribution < 1.29 is 18.7 Å². The molecule has 0 radical (unpaired) electrons. The zero-order valence-corrected chi connectivity index (χ0v) is 10.3. The molecule has 0 atom stereocenters. The maximum Gasteiger partial charge on any atom is 0.410 e. The Morgan fingerprint density at radius 1 is 1.39 bits per heavy atom. The number of ether oxygens (including phenoxy) is 2. The van der Waals surface area contributed by atoms with Crippen LogP contribution in [0.25, 0.3) is 0 Å². The molecular formula is C13H16FNO3. The third-order valence-corrected chi connectivity index (χ3v) is 3.10. The lowest BCUT2D eigenvalue weighted by molar-refractivity contribution is -0.125. The molecule has 2 rings (SSSR count). The van der Waals surface area contributed by atoms with E-state index >= 15 is 0 Å². The highest BCUT2D eigenvalue weighted by Crippen LogP contribution is 2.25. The maximum atomic E-state index is 12.7. The second kappa shape index (κ2) is 5.35. The number of amides is 1. The molecule has 1 aromatic rings. The molecule has 0 aromatic heterocycles. The number of alkyl halides is 1. The lowest BCUT2D eigenvalue weighted by atomic mass is 9.96. The van der Waals surface area contributed by atoms with Crippen LogP contribution in [0.5, 0.6) is 0 Å². The molecule has 1 heterocycles. The summed E-state index contributed by atoms with van der Waals surface area (Å²) in [5, 5.41) is 0. The van der Waals surface area contributed by atoms with Gasteiger partial charge in [0.1, 0.15) is 18.9 Å². The third kappa shape index (κ3) is 2.61. The highest BCUT2D eigenvalue weighted by Gasteiger charge is 2.46. The minimum absolute atomic E-state index is 0.228. The van der Waals surface area contributed by atoms with Crippen molar-refractivity contribution in [3.05, 3.63) is 35.9 Å².